The van der Waals surface area contributed by atoms with Gasteiger partial charge in [-0.05, 0) is 13.3 Å². The molecule has 0 saturated carbocycles. The molecule has 1 amide bonds. The summed E-state index contributed by atoms with van der Waals surface area (Å²) >= 11 is 3.38. The Kier molecular flexibility index (Phi) is 11.4. The summed E-state index contributed by atoms with van der Waals surface area (Å²) in [6, 6.07) is 0. The number of alkyl halides is 1. The summed E-state index contributed by atoms with van der Waals surface area (Å²) in [6.45, 7) is 5.94. The Balaban J connectivity index is 3.47. The average molecular weight is 292 g/mol. The topological polar surface area (TPSA) is 20.3 Å². The van der Waals surface area contributed by atoms with Crippen LogP contribution in [0.3, 0.4) is 0 Å². The maximum atomic E-state index is 11.8. The zero-order valence-corrected chi connectivity index (χ0v) is 12.4. The highest BCUT2D eigenvalue weighted by Crippen LogP contribution is 2.08. The highest BCUT2D eigenvalue weighted by molar-refractivity contribution is 9.09. The Morgan fingerprint density at radius 3 is 2.25 bits per heavy atom. The third-order valence-corrected chi connectivity index (χ3v) is 3.19. The van der Waals surface area contributed by atoms with E-state index in [0.29, 0.717) is 5.91 Å². The molecule has 0 rings (SSSR count). The third kappa shape index (κ3) is 8.14. The largest absolute Gasteiger partial charge is 0.342 e. The molecule has 2 nitrogen and oxygen atoms in total. The lowest BCUT2D eigenvalue weighted by Crippen LogP contribution is -2.32. The van der Waals surface area contributed by atoms with Crippen molar-refractivity contribution in [1.29, 1.82) is 0 Å². The van der Waals surface area contributed by atoms with E-state index in [1.54, 1.807) is 0 Å². The fourth-order valence-electron chi connectivity index (χ4n) is 1.78. The fourth-order valence-corrected chi connectivity index (χ4v) is 2.20. The normalized spacial score (nSPS) is 10.4. The molecular weight excluding hydrogens is 266 g/mol. The predicted octanol–water partition coefficient (Wildman–Crippen LogP) is 3.98. The van der Waals surface area contributed by atoms with Gasteiger partial charge in [-0.15, -0.1) is 0 Å². The van der Waals surface area contributed by atoms with Crippen molar-refractivity contribution in [2.75, 3.05) is 18.4 Å². The number of nitrogens with zero attached hydrogens (tertiary/aromatic N) is 1. The third-order valence-electron chi connectivity index (χ3n) is 2.83. The summed E-state index contributed by atoms with van der Waals surface area (Å²) < 4.78 is 0. The molecule has 0 saturated heterocycles. The molecule has 0 N–H and O–H groups in total. The molecule has 16 heavy (non-hydrogen) atoms. The Bertz CT molecular complexity index is 173. The summed E-state index contributed by atoms with van der Waals surface area (Å²) in [5.41, 5.74) is 0. The van der Waals surface area contributed by atoms with E-state index in [1.807, 2.05) is 11.8 Å². The number of rotatable bonds is 10. The molecule has 0 atom stereocenters. The van der Waals surface area contributed by atoms with E-state index in [0.717, 1.165) is 31.3 Å². The molecule has 0 aromatic heterocycles. The zero-order valence-electron chi connectivity index (χ0n) is 10.8. The van der Waals surface area contributed by atoms with Crippen LogP contribution in [0.25, 0.3) is 0 Å². The lowest BCUT2D eigenvalue weighted by Gasteiger charge is -2.19. The van der Waals surface area contributed by atoms with E-state index >= 15 is 0 Å². The van der Waals surface area contributed by atoms with E-state index in [9.17, 15) is 4.79 Å². The molecule has 0 unspecified atom stereocenters. The van der Waals surface area contributed by atoms with Gasteiger partial charge in [0.25, 0.3) is 0 Å². The molecule has 3 heteroatoms. The minimum absolute atomic E-state index is 0.317. The van der Waals surface area contributed by atoms with Gasteiger partial charge in [-0.2, -0.15) is 0 Å². The molecule has 0 aromatic rings. The zero-order chi connectivity index (χ0) is 12.2. The smallest absolute Gasteiger partial charge is 0.222 e. The quantitative estimate of drug-likeness (QED) is 0.440. The van der Waals surface area contributed by atoms with Gasteiger partial charge in [-0.25, -0.2) is 0 Å². The molecule has 0 radical (unpaired) electrons. The van der Waals surface area contributed by atoms with Gasteiger partial charge in [0.1, 0.15) is 0 Å². The number of halogens is 1. The first-order valence-electron chi connectivity index (χ1n) is 6.60. The number of unbranched alkanes of at least 4 members (excludes halogenated alkanes) is 5. The Hall–Kier alpha value is -0.0500. The maximum Gasteiger partial charge on any atom is 0.222 e. The van der Waals surface area contributed by atoms with E-state index < -0.39 is 0 Å². The standard InChI is InChI=1S/C13H26BrNO/c1-3-5-6-7-8-9-10-13(16)15(4-2)12-11-14/h3-12H2,1-2H3. The van der Waals surface area contributed by atoms with E-state index in [2.05, 4.69) is 22.9 Å². The SMILES string of the molecule is CCCCCCCCC(=O)N(CC)CCBr. The molecule has 0 aromatic carbocycles. The van der Waals surface area contributed by atoms with Crippen molar-refractivity contribution in [3.8, 4) is 0 Å². The van der Waals surface area contributed by atoms with Crippen molar-refractivity contribution in [2.45, 2.75) is 58.8 Å². The molecule has 0 heterocycles. The lowest BCUT2D eigenvalue weighted by molar-refractivity contribution is -0.130. The van der Waals surface area contributed by atoms with Gasteiger partial charge >= 0.3 is 0 Å². The Morgan fingerprint density at radius 2 is 1.69 bits per heavy atom. The number of carbonyl (C=O) groups excluding carboxylic acids is 1. The van der Waals surface area contributed by atoms with Crippen LogP contribution in [-0.4, -0.2) is 29.2 Å². The molecule has 96 valence electrons. The molecule has 0 aliphatic rings. The maximum absolute atomic E-state index is 11.8. The summed E-state index contributed by atoms with van der Waals surface area (Å²) in [5, 5.41) is 0.878. The first-order chi connectivity index (χ1) is 7.76. The van der Waals surface area contributed by atoms with Crippen molar-refractivity contribution in [3.63, 3.8) is 0 Å². The van der Waals surface area contributed by atoms with Crippen LogP contribution in [0, 0.1) is 0 Å². The molecule has 0 fully saturated rings. The summed E-state index contributed by atoms with van der Waals surface area (Å²) in [7, 11) is 0. The fraction of sp³-hybridized carbons (Fsp3) is 0.923. The van der Waals surface area contributed by atoms with Crippen molar-refractivity contribution < 1.29 is 4.79 Å². The van der Waals surface area contributed by atoms with Gasteiger partial charge in [0, 0.05) is 24.8 Å². The van der Waals surface area contributed by atoms with Crippen molar-refractivity contribution in [3.05, 3.63) is 0 Å². The number of amides is 1. The molecule has 0 aliphatic heterocycles. The van der Waals surface area contributed by atoms with Gasteiger partial charge in [0.15, 0.2) is 0 Å². The highest BCUT2D eigenvalue weighted by Gasteiger charge is 2.09. The van der Waals surface area contributed by atoms with Crippen LogP contribution >= 0.6 is 15.9 Å². The Labute approximate surface area is 109 Å². The van der Waals surface area contributed by atoms with Gasteiger partial charge in [-0.1, -0.05) is 55.0 Å². The highest BCUT2D eigenvalue weighted by atomic mass is 79.9. The predicted molar refractivity (Wildman–Crippen MR) is 74.0 cm³/mol. The first kappa shape index (κ1) is 16.0. The molecular formula is C13H26BrNO. The van der Waals surface area contributed by atoms with Gasteiger partial charge in [0.2, 0.25) is 5.91 Å². The lowest BCUT2D eigenvalue weighted by atomic mass is 10.1. The van der Waals surface area contributed by atoms with Crippen molar-refractivity contribution in [1.82, 2.24) is 4.90 Å². The number of carbonyl (C=O) groups is 1. The van der Waals surface area contributed by atoms with E-state index in [4.69, 9.17) is 0 Å². The van der Waals surface area contributed by atoms with E-state index in [1.165, 1.54) is 32.1 Å². The van der Waals surface area contributed by atoms with Crippen molar-refractivity contribution in [2.24, 2.45) is 0 Å². The minimum Gasteiger partial charge on any atom is -0.342 e. The monoisotopic (exact) mass is 291 g/mol. The number of hydrogen-bond acceptors (Lipinski definition) is 1. The van der Waals surface area contributed by atoms with E-state index in [-0.39, 0.29) is 0 Å². The van der Waals surface area contributed by atoms with Crippen LogP contribution < -0.4 is 0 Å². The number of hydrogen-bond donors (Lipinski definition) is 0. The first-order valence-corrected chi connectivity index (χ1v) is 7.72. The molecule has 0 aliphatic carbocycles. The van der Waals surface area contributed by atoms with Crippen LogP contribution in [0.5, 0.6) is 0 Å². The van der Waals surface area contributed by atoms with Crippen LogP contribution in [0.15, 0.2) is 0 Å². The van der Waals surface area contributed by atoms with Crippen molar-refractivity contribution >= 4 is 21.8 Å². The van der Waals surface area contributed by atoms with Gasteiger partial charge in [-0.3, -0.25) is 4.79 Å². The summed E-state index contributed by atoms with van der Waals surface area (Å²) in [5.74, 6) is 0.317. The molecule has 0 bridgehead atoms. The minimum atomic E-state index is 0.317. The van der Waals surface area contributed by atoms with Crippen LogP contribution in [0.1, 0.15) is 58.8 Å². The van der Waals surface area contributed by atoms with Crippen LogP contribution in [0.4, 0.5) is 0 Å². The Morgan fingerprint density at radius 1 is 1.06 bits per heavy atom. The second-order valence-electron chi connectivity index (χ2n) is 4.18. The molecule has 0 spiro atoms. The average Bonchev–Trinajstić information content (AvgIpc) is 2.30. The van der Waals surface area contributed by atoms with Crippen LogP contribution in [-0.2, 0) is 4.79 Å². The summed E-state index contributed by atoms with van der Waals surface area (Å²) in [4.78, 5) is 13.7. The second-order valence-corrected chi connectivity index (χ2v) is 4.97. The summed E-state index contributed by atoms with van der Waals surface area (Å²) in [6.07, 6.45) is 8.22. The second kappa shape index (κ2) is 11.4. The van der Waals surface area contributed by atoms with Gasteiger partial charge in [0.05, 0.1) is 0 Å². The van der Waals surface area contributed by atoms with Gasteiger partial charge < -0.3 is 4.90 Å². The van der Waals surface area contributed by atoms with Crippen LogP contribution in [0.2, 0.25) is 0 Å².